The van der Waals surface area contributed by atoms with Crippen LogP contribution in [0.2, 0.25) is 0 Å². The first-order chi connectivity index (χ1) is 14.3. The third-order valence-corrected chi connectivity index (χ3v) is 4.98. The predicted octanol–water partition coefficient (Wildman–Crippen LogP) is 3.90. The van der Waals surface area contributed by atoms with Crippen LogP contribution in [0.4, 0.5) is 0 Å². The van der Waals surface area contributed by atoms with Crippen LogP contribution in [0.15, 0.2) is 60.3 Å². The summed E-state index contributed by atoms with van der Waals surface area (Å²) in [4.78, 5) is 34.8. The first kappa shape index (κ1) is 22.7. The molecule has 0 radical (unpaired) electrons. The van der Waals surface area contributed by atoms with Gasteiger partial charge in [-0.1, -0.05) is 36.4 Å². The summed E-state index contributed by atoms with van der Waals surface area (Å²) in [7, 11) is 1.42. The maximum absolute atomic E-state index is 11.4. The summed E-state index contributed by atoms with van der Waals surface area (Å²) >= 11 is 0. The number of benzene rings is 2. The van der Waals surface area contributed by atoms with E-state index in [2.05, 4.69) is 24.0 Å². The van der Waals surface area contributed by atoms with Crippen molar-refractivity contribution < 1.29 is 29.3 Å². The number of ether oxygens (including phenoxy) is 1. The van der Waals surface area contributed by atoms with Crippen LogP contribution in [-0.4, -0.2) is 46.7 Å². The van der Waals surface area contributed by atoms with E-state index in [1.165, 1.54) is 37.8 Å². The van der Waals surface area contributed by atoms with Crippen molar-refractivity contribution in [2.24, 2.45) is 0 Å². The molecule has 7 heteroatoms. The van der Waals surface area contributed by atoms with E-state index in [4.69, 9.17) is 14.9 Å². The highest BCUT2D eigenvalue weighted by molar-refractivity contribution is 5.96. The molecule has 0 fully saturated rings. The standard InChI is InChI=1S/C14H17NO2.C9H8O4/c1-11(12-6-4-3-5-7-12)15-9-8-13(10-15)14(16)17-2;1-5-6(8(10)11)3-2-4-7(5)9(12)13/h3-7,10-11H,8-9H2,1-2H3;2-4H,1H3,(H,10,11)(H,12,13). The van der Waals surface area contributed by atoms with Crippen LogP contribution < -0.4 is 0 Å². The summed E-state index contributed by atoms with van der Waals surface area (Å²) in [6.45, 7) is 4.50. The Hall–Kier alpha value is -3.61. The van der Waals surface area contributed by atoms with E-state index in [1.807, 2.05) is 24.4 Å². The Bertz CT molecular complexity index is 919. The zero-order chi connectivity index (χ0) is 22.3. The summed E-state index contributed by atoms with van der Waals surface area (Å²) in [5, 5.41) is 17.4. The van der Waals surface area contributed by atoms with Gasteiger partial charge >= 0.3 is 17.9 Å². The Kier molecular flexibility index (Phi) is 7.75. The van der Waals surface area contributed by atoms with E-state index >= 15 is 0 Å². The van der Waals surface area contributed by atoms with Crippen molar-refractivity contribution >= 4 is 17.9 Å². The van der Waals surface area contributed by atoms with E-state index in [0.717, 1.165) is 18.5 Å². The minimum absolute atomic E-state index is 0.0277. The van der Waals surface area contributed by atoms with Gasteiger partial charge in [-0.2, -0.15) is 0 Å². The molecule has 1 unspecified atom stereocenters. The number of aromatic carboxylic acids is 2. The van der Waals surface area contributed by atoms with Crippen molar-refractivity contribution in [1.82, 2.24) is 4.90 Å². The third-order valence-electron chi connectivity index (χ3n) is 4.98. The lowest BCUT2D eigenvalue weighted by molar-refractivity contribution is -0.136. The lowest BCUT2D eigenvalue weighted by Gasteiger charge is -2.24. The highest BCUT2D eigenvalue weighted by Crippen LogP contribution is 2.26. The van der Waals surface area contributed by atoms with Gasteiger partial charge in [-0.3, -0.25) is 0 Å². The van der Waals surface area contributed by atoms with E-state index in [0.29, 0.717) is 6.04 Å². The molecule has 3 rings (SSSR count). The zero-order valence-corrected chi connectivity index (χ0v) is 17.2. The Morgan fingerprint density at radius 1 is 0.967 bits per heavy atom. The zero-order valence-electron chi connectivity index (χ0n) is 17.2. The number of hydrogen-bond acceptors (Lipinski definition) is 5. The summed E-state index contributed by atoms with van der Waals surface area (Å²) in [6, 6.07) is 14.8. The van der Waals surface area contributed by atoms with Gasteiger partial charge in [-0.25, -0.2) is 14.4 Å². The molecule has 2 aromatic rings. The average Bonchev–Trinajstić information content (AvgIpc) is 3.23. The number of carbonyl (C=O) groups is 3. The first-order valence-corrected chi connectivity index (χ1v) is 9.42. The summed E-state index contributed by atoms with van der Waals surface area (Å²) in [5.41, 5.74) is 2.35. The maximum atomic E-state index is 11.4. The molecule has 0 aromatic heterocycles. The number of rotatable bonds is 5. The van der Waals surface area contributed by atoms with Gasteiger partial charge in [0.15, 0.2) is 0 Å². The third kappa shape index (κ3) is 5.47. The van der Waals surface area contributed by atoms with Crippen molar-refractivity contribution in [3.05, 3.63) is 82.6 Å². The van der Waals surface area contributed by atoms with Crippen LogP contribution in [0.25, 0.3) is 0 Å². The molecule has 0 spiro atoms. The Morgan fingerprint density at radius 3 is 2.03 bits per heavy atom. The average molecular weight is 411 g/mol. The molecule has 0 saturated heterocycles. The van der Waals surface area contributed by atoms with Gasteiger partial charge in [0.25, 0.3) is 0 Å². The summed E-state index contributed by atoms with van der Waals surface area (Å²) in [5.74, 6) is -2.44. The van der Waals surface area contributed by atoms with Crippen LogP contribution >= 0.6 is 0 Å². The topological polar surface area (TPSA) is 104 Å². The SMILES string of the molecule is COC(=O)C1=CN(C(C)c2ccccc2)CC1.Cc1c(C(=O)O)cccc1C(=O)O. The fourth-order valence-electron chi connectivity index (χ4n) is 3.19. The van der Waals surface area contributed by atoms with Crippen molar-refractivity contribution in [2.45, 2.75) is 26.3 Å². The molecule has 1 heterocycles. The molecule has 0 aliphatic carbocycles. The van der Waals surface area contributed by atoms with Crippen LogP contribution in [0.5, 0.6) is 0 Å². The highest BCUT2D eigenvalue weighted by atomic mass is 16.5. The lowest BCUT2D eigenvalue weighted by Crippen LogP contribution is -2.18. The van der Waals surface area contributed by atoms with E-state index in [-0.39, 0.29) is 22.7 Å². The first-order valence-electron chi connectivity index (χ1n) is 9.42. The Morgan fingerprint density at radius 2 is 1.53 bits per heavy atom. The molecule has 30 heavy (non-hydrogen) atoms. The molecule has 0 saturated carbocycles. The smallest absolute Gasteiger partial charge is 0.335 e. The van der Waals surface area contributed by atoms with Gasteiger partial charge in [0, 0.05) is 12.7 Å². The van der Waals surface area contributed by atoms with Crippen molar-refractivity contribution in [1.29, 1.82) is 0 Å². The number of hydrogen-bond donors (Lipinski definition) is 2. The van der Waals surface area contributed by atoms with E-state index in [9.17, 15) is 14.4 Å². The molecule has 1 aliphatic rings. The van der Waals surface area contributed by atoms with Crippen molar-refractivity contribution in [3.63, 3.8) is 0 Å². The number of carboxylic acid groups (broad SMARTS) is 2. The minimum Gasteiger partial charge on any atom is -0.478 e. The predicted molar refractivity (Wildman–Crippen MR) is 111 cm³/mol. The molecule has 0 amide bonds. The van der Waals surface area contributed by atoms with Gasteiger partial charge in [0.2, 0.25) is 0 Å². The summed E-state index contributed by atoms with van der Waals surface area (Å²) < 4.78 is 4.73. The number of carboxylic acids is 2. The van der Waals surface area contributed by atoms with E-state index in [1.54, 1.807) is 0 Å². The minimum atomic E-state index is -1.11. The Balaban J connectivity index is 0.000000222. The largest absolute Gasteiger partial charge is 0.478 e. The van der Waals surface area contributed by atoms with Crippen LogP contribution in [0.1, 0.15) is 51.2 Å². The van der Waals surface area contributed by atoms with Gasteiger partial charge < -0.3 is 19.8 Å². The number of methoxy groups -OCH3 is 1. The van der Waals surface area contributed by atoms with Gasteiger partial charge in [-0.15, -0.1) is 0 Å². The van der Waals surface area contributed by atoms with Crippen molar-refractivity contribution in [3.8, 4) is 0 Å². The molecule has 7 nitrogen and oxygen atoms in total. The van der Waals surface area contributed by atoms with Crippen LogP contribution in [0, 0.1) is 6.92 Å². The highest BCUT2D eigenvalue weighted by Gasteiger charge is 2.22. The molecule has 1 atom stereocenters. The van der Waals surface area contributed by atoms with Crippen LogP contribution in [0.3, 0.4) is 0 Å². The molecular formula is C23H25NO6. The maximum Gasteiger partial charge on any atom is 0.335 e. The van der Waals surface area contributed by atoms with Crippen molar-refractivity contribution in [2.75, 3.05) is 13.7 Å². The fraction of sp³-hybridized carbons (Fsp3) is 0.261. The van der Waals surface area contributed by atoms with E-state index < -0.39 is 11.9 Å². The van der Waals surface area contributed by atoms with Crippen LogP contribution in [-0.2, 0) is 9.53 Å². The quantitative estimate of drug-likeness (QED) is 0.719. The number of carbonyl (C=O) groups excluding carboxylic acids is 1. The fourth-order valence-corrected chi connectivity index (χ4v) is 3.19. The normalized spacial score (nSPS) is 13.6. The number of esters is 1. The Labute approximate surface area is 175 Å². The molecule has 158 valence electrons. The summed E-state index contributed by atoms with van der Waals surface area (Å²) in [6.07, 6.45) is 2.69. The lowest BCUT2D eigenvalue weighted by atomic mass is 10.0. The second kappa shape index (κ2) is 10.2. The molecule has 1 aliphatic heterocycles. The molecule has 2 N–H and O–H groups in total. The molecule has 0 bridgehead atoms. The second-order valence-corrected chi connectivity index (χ2v) is 6.81. The second-order valence-electron chi connectivity index (χ2n) is 6.81. The van der Waals surface area contributed by atoms with Gasteiger partial charge in [-0.05, 0) is 43.5 Å². The van der Waals surface area contributed by atoms with Gasteiger partial charge in [0.05, 0.1) is 29.9 Å². The molecule has 2 aromatic carbocycles. The number of nitrogens with zero attached hydrogens (tertiary/aromatic N) is 1. The molecular weight excluding hydrogens is 386 g/mol. The van der Waals surface area contributed by atoms with Gasteiger partial charge in [0.1, 0.15) is 0 Å². The monoisotopic (exact) mass is 411 g/mol.